The van der Waals surface area contributed by atoms with Crippen LogP contribution in [0.15, 0.2) is 65.2 Å². The van der Waals surface area contributed by atoms with Crippen LogP contribution in [-0.4, -0.2) is 48.7 Å². The molecule has 4 aromatic rings. The van der Waals surface area contributed by atoms with E-state index in [9.17, 15) is 4.79 Å². The summed E-state index contributed by atoms with van der Waals surface area (Å²) in [5.41, 5.74) is 4.10. The molecule has 0 bridgehead atoms. The van der Waals surface area contributed by atoms with Crippen LogP contribution in [0.4, 0.5) is 0 Å². The summed E-state index contributed by atoms with van der Waals surface area (Å²) >= 11 is 0. The van der Waals surface area contributed by atoms with Crippen molar-refractivity contribution < 1.29 is 14.1 Å². The van der Waals surface area contributed by atoms with E-state index in [4.69, 9.17) is 9.26 Å². The average molecular weight is 431 g/mol. The zero-order chi connectivity index (χ0) is 22.7. The van der Waals surface area contributed by atoms with Crippen molar-refractivity contribution in [1.29, 1.82) is 0 Å². The molecule has 0 radical (unpaired) electrons. The first kappa shape index (κ1) is 21.5. The molecule has 2 aromatic heterocycles. The van der Waals surface area contributed by atoms with E-state index in [-0.39, 0.29) is 11.9 Å². The van der Waals surface area contributed by atoms with Crippen LogP contribution < -0.4 is 10.1 Å². The van der Waals surface area contributed by atoms with Gasteiger partial charge in [0.15, 0.2) is 0 Å². The van der Waals surface area contributed by atoms with E-state index in [0.29, 0.717) is 34.6 Å². The van der Waals surface area contributed by atoms with Crippen LogP contribution in [0.25, 0.3) is 22.4 Å². The minimum absolute atomic E-state index is 0.0245. The first-order valence-electron chi connectivity index (χ1n) is 10.4. The summed E-state index contributed by atoms with van der Waals surface area (Å²) in [6.07, 6.45) is 0. The van der Waals surface area contributed by atoms with E-state index < -0.39 is 0 Å². The number of fused-ring (bicyclic) bond motifs is 1. The molecular weight excluding hydrogens is 404 g/mol. The molecule has 2 aromatic carbocycles. The molecule has 0 spiro atoms. The predicted octanol–water partition coefficient (Wildman–Crippen LogP) is 4.24. The Balaban J connectivity index is 1.65. The first-order chi connectivity index (χ1) is 15.5. The van der Waals surface area contributed by atoms with Gasteiger partial charge >= 0.3 is 0 Å². The van der Waals surface area contributed by atoms with Crippen molar-refractivity contribution in [3.8, 4) is 17.0 Å². The van der Waals surface area contributed by atoms with Crippen molar-refractivity contribution in [2.75, 3.05) is 27.7 Å². The van der Waals surface area contributed by atoms with Gasteiger partial charge in [0, 0.05) is 12.1 Å². The molecule has 2 heterocycles. The van der Waals surface area contributed by atoms with Crippen LogP contribution in [0.1, 0.15) is 27.7 Å². The molecule has 0 aliphatic rings. The van der Waals surface area contributed by atoms with E-state index in [1.807, 2.05) is 75.6 Å². The van der Waals surface area contributed by atoms with E-state index in [1.165, 1.54) is 0 Å². The number of pyridine rings is 1. The molecule has 1 unspecified atom stereocenters. The van der Waals surface area contributed by atoms with Crippen molar-refractivity contribution in [1.82, 2.24) is 20.4 Å². The molecular formula is C25H26N4O3. The van der Waals surface area contributed by atoms with Gasteiger partial charge in [0.1, 0.15) is 5.75 Å². The number of hydrogen-bond donors (Lipinski definition) is 1. The number of carbonyl (C=O) groups excluding carboxylic acids is 1. The maximum absolute atomic E-state index is 13.3. The molecule has 32 heavy (non-hydrogen) atoms. The minimum Gasteiger partial charge on any atom is -0.497 e. The molecule has 164 valence electrons. The Labute approximate surface area is 187 Å². The van der Waals surface area contributed by atoms with Gasteiger partial charge < -0.3 is 19.5 Å². The topological polar surface area (TPSA) is 80.5 Å². The molecule has 1 atom stereocenters. The van der Waals surface area contributed by atoms with Crippen molar-refractivity contribution in [3.63, 3.8) is 0 Å². The second-order valence-electron chi connectivity index (χ2n) is 7.84. The van der Waals surface area contributed by atoms with Crippen molar-refractivity contribution in [2.24, 2.45) is 0 Å². The Bertz CT molecular complexity index is 1230. The Morgan fingerprint density at radius 2 is 1.91 bits per heavy atom. The Hall–Kier alpha value is -3.71. The van der Waals surface area contributed by atoms with Crippen LogP contribution in [0.5, 0.6) is 5.75 Å². The maximum Gasteiger partial charge on any atom is 0.259 e. The highest BCUT2D eigenvalue weighted by molar-refractivity contribution is 6.07. The molecule has 0 fully saturated rings. The van der Waals surface area contributed by atoms with Crippen LogP contribution >= 0.6 is 0 Å². The largest absolute Gasteiger partial charge is 0.497 e. The number of benzene rings is 2. The number of aryl methyl sites for hydroxylation is 1. The molecule has 7 nitrogen and oxygen atoms in total. The lowest BCUT2D eigenvalue weighted by Gasteiger charge is -2.25. The lowest BCUT2D eigenvalue weighted by molar-refractivity contribution is 0.0943. The summed E-state index contributed by atoms with van der Waals surface area (Å²) in [4.78, 5) is 20.0. The van der Waals surface area contributed by atoms with Gasteiger partial charge in [-0.05, 0) is 44.8 Å². The first-order valence-corrected chi connectivity index (χ1v) is 10.4. The monoisotopic (exact) mass is 430 g/mol. The van der Waals surface area contributed by atoms with Crippen LogP contribution in [0.2, 0.25) is 0 Å². The van der Waals surface area contributed by atoms with Gasteiger partial charge in [-0.1, -0.05) is 47.6 Å². The van der Waals surface area contributed by atoms with Gasteiger partial charge in [-0.3, -0.25) is 4.79 Å². The second kappa shape index (κ2) is 9.20. The number of ether oxygens (including phenoxy) is 1. The van der Waals surface area contributed by atoms with Crippen LogP contribution in [-0.2, 0) is 0 Å². The van der Waals surface area contributed by atoms with Crippen molar-refractivity contribution >= 4 is 17.0 Å². The molecule has 0 aliphatic carbocycles. The third kappa shape index (κ3) is 4.33. The summed E-state index contributed by atoms with van der Waals surface area (Å²) in [6, 6.07) is 19.3. The summed E-state index contributed by atoms with van der Waals surface area (Å²) in [7, 11) is 5.61. The average Bonchev–Trinajstić information content (AvgIpc) is 3.19. The number of likely N-dealkylation sites (N-methyl/N-ethyl adjacent to an activating group) is 1. The fourth-order valence-electron chi connectivity index (χ4n) is 3.76. The molecule has 0 saturated carbocycles. The van der Waals surface area contributed by atoms with Crippen LogP contribution in [0, 0.1) is 6.92 Å². The number of methoxy groups -OCH3 is 1. The highest BCUT2D eigenvalue weighted by atomic mass is 16.5. The zero-order valence-electron chi connectivity index (χ0n) is 18.6. The predicted molar refractivity (Wildman–Crippen MR) is 124 cm³/mol. The van der Waals surface area contributed by atoms with E-state index in [2.05, 4.69) is 20.4 Å². The molecule has 1 N–H and O–H groups in total. The Kier molecular flexibility index (Phi) is 6.18. The second-order valence-corrected chi connectivity index (χ2v) is 7.84. The van der Waals surface area contributed by atoms with E-state index in [0.717, 1.165) is 16.9 Å². The molecule has 1 amide bonds. The number of hydrogen-bond acceptors (Lipinski definition) is 6. The fourth-order valence-corrected chi connectivity index (χ4v) is 3.76. The maximum atomic E-state index is 13.3. The zero-order valence-corrected chi connectivity index (χ0v) is 18.6. The Morgan fingerprint density at radius 1 is 1.12 bits per heavy atom. The molecule has 0 aliphatic heterocycles. The standard InChI is InChI=1S/C25H26N4O3/c1-16-23-20(14-21(27-25(23)32-28-16)17-9-6-5-7-10-17)24(30)26-15-22(29(2)3)18-11-8-12-19(13-18)31-4/h5-14,22H,15H2,1-4H3,(H,26,30). The molecule has 4 rings (SSSR count). The summed E-state index contributed by atoms with van der Waals surface area (Å²) in [6.45, 7) is 2.24. The summed E-state index contributed by atoms with van der Waals surface area (Å²) in [5.74, 6) is 0.583. The number of nitrogens with zero attached hydrogens (tertiary/aromatic N) is 3. The quantitative estimate of drug-likeness (QED) is 0.472. The lowest BCUT2D eigenvalue weighted by Crippen LogP contribution is -2.34. The third-order valence-corrected chi connectivity index (χ3v) is 5.49. The molecule has 7 heteroatoms. The number of nitrogens with one attached hydrogen (secondary N) is 1. The number of rotatable bonds is 7. The summed E-state index contributed by atoms with van der Waals surface area (Å²) in [5, 5.41) is 7.74. The van der Waals surface area contributed by atoms with Crippen molar-refractivity contribution in [3.05, 3.63) is 77.5 Å². The number of carbonyl (C=O) groups is 1. The number of aromatic nitrogens is 2. The Morgan fingerprint density at radius 3 is 2.62 bits per heavy atom. The normalized spacial score (nSPS) is 12.2. The van der Waals surface area contributed by atoms with Gasteiger partial charge in [0.25, 0.3) is 11.6 Å². The fraction of sp³-hybridized carbons (Fsp3) is 0.240. The smallest absolute Gasteiger partial charge is 0.259 e. The summed E-state index contributed by atoms with van der Waals surface area (Å²) < 4.78 is 10.8. The number of amides is 1. The lowest BCUT2D eigenvalue weighted by atomic mass is 10.0. The van der Waals surface area contributed by atoms with E-state index >= 15 is 0 Å². The van der Waals surface area contributed by atoms with E-state index in [1.54, 1.807) is 13.2 Å². The van der Waals surface area contributed by atoms with Gasteiger partial charge in [0.05, 0.1) is 35.5 Å². The SMILES string of the molecule is COc1cccc(C(CNC(=O)c2cc(-c3ccccc3)nc3onc(C)c23)N(C)C)c1. The van der Waals surface area contributed by atoms with Gasteiger partial charge in [-0.2, -0.15) is 0 Å². The minimum atomic E-state index is -0.198. The van der Waals surface area contributed by atoms with Gasteiger partial charge in [-0.25, -0.2) is 4.98 Å². The molecule has 0 saturated heterocycles. The highest BCUT2D eigenvalue weighted by Crippen LogP contribution is 2.27. The van der Waals surface area contributed by atoms with Gasteiger partial charge in [0.2, 0.25) is 0 Å². The third-order valence-electron chi connectivity index (χ3n) is 5.49. The van der Waals surface area contributed by atoms with Crippen molar-refractivity contribution in [2.45, 2.75) is 13.0 Å². The highest BCUT2D eigenvalue weighted by Gasteiger charge is 2.21. The van der Waals surface area contributed by atoms with Crippen LogP contribution in [0.3, 0.4) is 0 Å². The van der Waals surface area contributed by atoms with Gasteiger partial charge in [-0.15, -0.1) is 0 Å².